The van der Waals surface area contributed by atoms with E-state index in [0.717, 1.165) is 45.6 Å². The van der Waals surface area contributed by atoms with Gasteiger partial charge in [0.1, 0.15) is 17.9 Å². The van der Waals surface area contributed by atoms with Crippen LogP contribution in [0.4, 0.5) is 5.82 Å². The molecule has 0 aliphatic carbocycles. The highest BCUT2D eigenvalue weighted by Crippen LogP contribution is 2.27. The molecule has 2 saturated heterocycles. The zero-order chi connectivity index (χ0) is 14.7. The topological polar surface area (TPSA) is 72.3 Å². The highest BCUT2D eigenvalue weighted by Gasteiger charge is 2.35. The van der Waals surface area contributed by atoms with Gasteiger partial charge in [-0.05, 0) is 25.0 Å². The number of piperazine rings is 1. The maximum Gasteiger partial charge on any atom is 0.245 e. The second-order valence-corrected chi connectivity index (χ2v) is 5.41. The zero-order valence-electron chi connectivity index (χ0n) is 12.0. The fraction of sp³-hybridized carbons (Fsp3) is 0.533. The summed E-state index contributed by atoms with van der Waals surface area (Å²) in [5, 5.41) is 12.5. The van der Waals surface area contributed by atoms with Crippen LogP contribution < -0.4 is 10.2 Å². The Hall–Kier alpha value is -2.13. The number of anilines is 1. The first-order chi connectivity index (χ1) is 10.3. The smallest absolute Gasteiger partial charge is 0.245 e. The minimum Gasteiger partial charge on any atom is -0.343 e. The minimum absolute atomic E-state index is 0.170. The fourth-order valence-corrected chi connectivity index (χ4v) is 3.09. The third-order valence-corrected chi connectivity index (χ3v) is 4.15. The van der Waals surface area contributed by atoms with Crippen LogP contribution >= 0.6 is 0 Å². The van der Waals surface area contributed by atoms with Gasteiger partial charge in [0.05, 0.1) is 5.56 Å². The highest BCUT2D eigenvalue weighted by molar-refractivity contribution is 5.86. The molecule has 0 spiro atoms. The van der Waals surface area contributed by atoms with Crippen molar-refractivity contribution in [1.82, 2.24) is 15.2 Å². The third kappa shape index (κ3) is 2.69. The molecule has 1 aromatic rings. The van der Waals surface area contributed by atoms with E-state index >= 15 is 0 Å². The van der Waals surface area contributed by atoms with Crippen molar-refractivity contribution in [2.75, 3.05) is 37.6 Å². The Morgan fingerprint density at radius 3 is 2.95 bits per heavy atom. The summed E-state index contributed by atoms with van der Waals surface area (Å²) in [6.45, 7) is 4.01. The molecule has 21 heavy (non-hydrogen) atoms. The number of aromatic nitrogens is 1. The molecule has 0 radical (unpaired) electrons. The van der Waals surface area contributed by atoms with Crippen LogP contribution in [0.25, 0.3) is 0 Å². The van der Waals surface area contributed by atoms with Crippen molar-refractivity contribution in [3.8, 4) is 6.07 Å². The lowest BCUT2D eigenvalue weighted by molar-refractivity contribution is -0.133. The van der Waals surface area contributed by atoms with Crippen molar-refractivity contribution in [2.45, 2.75) is 18.9 Å². The van der Waals surface area contributed by atoms with Crippen molar-refractivity contribution in [2.24, 2.45) is 0 Å². The van der Waals surface area contributed by atoms with Crippen LogP contribution in [0.3, 0.4) is 0 Å². The summed E-state index contributed by atoms with van der Waals surface area (Å²) < 4.78 is 0. The van der Waals surface area contributed by atoms with E-state index < -0.39 is 0 Å². The van der Waals surface area contributed by atoms with Crippen molar-refractivity contribution in [3.63, 3.8) is 0 Å². The van der Waals surface area contributed by atoms with Crippen LogP contribution in [-0.4, -0.2) is 54.6 Å². The van der Waals surface area contributed by atoms with Crippen LogP contribution in [0, 0.1) is 11.3 Å². The summed E-state index contributed by atoms with van der Waals surface area (Å²) in [7, 11) is 0. The second kappa shape index (κ2) is 6.10. The Morgan fingerprint density at radius 1 is 1.38 bits per heavy atom. The molecule has 1 atom stereocenters. The molecule has 6 heteroatoms. The van der Waals surface area contributed by atoms with Gasteiger partial charge in [0, 0.05) is 38.9 Å². The Morgan fingerprint density at radius 2 is 2.19 bits per heavy atom. The molecule has 1 unspecified atom stereocenters. The van der Waals surface area contributed by atoms with Gasteiger partial charge in [-0.1, -0.05) is 0 Å². The third-order valence-electron chi connectivity index (χ3n) is 4.15. The van der Waals surface area contributed by atoms with Gasteiger partial charge >= 0.3 is 0 Å². The van der Waals surface area contributed by atoms with E-state index in [1.54, 1.807) is 18.3 Å². The van der Waals surface area contributed by atoms with Gasteiger partial charge < -0.3 is 15.1 Å². The van der Waals surface area contributed by atoms with Crippen molar-refractivity contribution in [3.05, 3.63) is 23.9 Å². The molecular weight excluding hydrogens is 266 g/mol. The lowest BCUT2D eigenvalue weighted by Crippen LogP contribution is -2.52. The summed E-state index contributed by atoms with van der Waals surface area (Å²) in [6.07, 6.45) is 3.48. The number of rotatable bonds is 2. The molecule has 6 nitrogen and oxygen atoms in total. The molecule has 2 aliphatic rings. The summed E-state index contributed by atoms with van der Waals surface area (Å²) in [4.78, 5) is 21.0. The molecule has 2 aliphatic heterocycles. The molecule has 1 amide bonds. The van der Waals surface area contributed by atoms with Crippen LogP contribution in [0.15, 0.2) is 18.3 Å². The van der Waals surface area contributed by atoms with Gasteiger partial charge in [0.25, 0.3) is 0 Å². The van der Waals surface area contributed by atoms with Crippen molar-refractivity contribution < 1.29 is 4.79 Å². The van der Waals surface area contributed by atoms with Gasteiger partial charge in [-0.3, -0.25) is 4.79 Å². The van der Waals surface area contributed by atoms with Crippen LogP contribution in [0.1, 0.15) is 18.4 Å². The van der Waals surface area contributed by atoms with Crippen LogP contribution in [-0.2, 0) is 4.79 Å². The van der Waals surface area contributed by atoms with E-state index in [1.165, 1.54) is 0 Å². The number of carbonyl (C=O) groups is 1. The molecule has 2 fully saturated rings. The number of amides is 1. The van der Waals surface area contributed by atoms with Crippen LogP contribution in [0.2, 0.25) is 0 Å². The summed E-state index contributed by atoms with van der Waals surface area (Å²) in [5.74, 6) is 0.814. The average Bonchev–Trinajstić information content (AvgIpc) is 3.04. The number of hydrogen-bond donors (Lipinski definition) is 1. The number of pyridine rings is 1. The normalized spacial score (nSPS) is 22.1. The van der Waals surface area contributed by atoms with Gasteiger partial charge in [0.15, 0.2) is 0 Å². The van der Waals surface area contributed by atoms with Gasteiger partial charge in [-0.15, -0.1) is 0 Å². The molecule has 3 rings (SSSR count). The number of nitrogens with zero attached hydrogens (tertiary/aromatic N) is 4. The fourth-order valence-electron chi connectivity index (χ4n) is 3.09. The Labute approximate surface area is 124 Å². The van der Waals surface area contributed by atoms with Crippen molar-refractivity contribution in [1.29, 1.82) is 5.26 Å². The van der Waals surface area contributed by atoms with E-state index in [9.17, 15) is 10.1 Å². The molecule has 1 aromatic heterocycles. The Balaban J connectivity index is 1.82. The number of hydrogen-bond acceptors (Lipinski definition) is 5. The number of nitrogens with one attached hydrogen (secondary N) is 1. The highest BCUT2D eigenvalue weighted by atomic mass is 16.2. The van der Waals surface area contributed by atoms with Gasteiger partial charge in [0.2, 0.25) is 5.91 Å². The Kier molecular flexibility index (Phi) is 4.02. The van der Waals surface area contributed by atoms with Gasteiger partial charge in [-0.25, -0.2) is 4.98 Å². The second-order valence-electron chi connectivity index (χ2n) is 5.41. The van der Waals surface area contributed by atoms with Crippen LogP contribution in [0.5, 0.6) is 0 Å². The lowest BCUT2D eigenvalue weighted by atomic mass is 10.1. The van der Waals surface area contributed by atoms with Crippen molar-refractivity contribution >= 4 is 11.7 Å². The number of nitriles is 1. The first-order valence-corrected chi connectivity index (χ1v) is 7.42. The SMILES string of the molecule is N#Cc1cccnc1N1CCCC1C(=O)N1CCNCC1. The zero-order valence-corrected chi connectivity index (χ0v) is 12.0. The molecule has 0 saturated carbocycles. The molecule has 110 valence electrons. The van der Waals surface area contributed by atoms with E-state index in [-0.39, 0.29) is 11.9 Å². The van der Waals surface area contributed by atoms with E-state index in [1.807, 2.05) is 9.80 Å². The number of carbonyl (C=O) groups excluding carboxylic acids is 1. The maximum atomic E-state index is 12.7. The first kappa shape index (κ1) is 13.8. The molecule has 3 heterocycles. The maximum absolute atomic E-state index is 12.7. The first-order valence-electron chi connectivity index (χ1n) is 7.42. The standard InChI is InChI=1S/C15H19N5O/c16-11-12-3-1-5-18-14(12)20-8-2-4-13(20)15(21)19-9-6-17-7-10-19/h1,3,5,13,17H,2,4,6-10H2. The monoisotopic (exact) mass is 285 g/mol. The summed E-state index contributed by atoms with van der Waals surface area (Å²) in [5.41, 5.74) is 0.539. The molecule has 1 N–H and O–H groups in total. The molecular formula is C15H19N5O. The Bertz CT molecular complexity index is 561. The molecule has 0 aromatic carbocycles. The summed E-state index contributed by atoms with van der Waals surface area (Å²) >= 11 is 0. The van der Waals surface area contributed by atoms with E-state index in [4.69, 9.17) is 0 Å². The minimum atomic E-state index is -0.176. The van der Waals surface area contributed by atoms with E-state index in [0.29, 0.717) is 11.4 Å². The average molecular weight is 285 g/mol. The van der Waals surface area contributed by atoms with E-state index in [2.05, 4.69) is 16.4 Å². The predicted octanol–water partition coefficient (Wildman–Crippen LogP) is 0.354. The lowest BCUT2D eigenvalue weighted by Gasteiger charge is -2.33. The quantitative estimate of drug-likeness (QED) is 0.849. The summed E-state index contributed by atoms with van der Waals surface area (Å²) in [6, 6.07) is 5.51. The van der Waals surface area contributed by atoms with Gasteiger partial charge in [-0.2, -0.15) is 5.26 Å². The largest absolute Gasteiger partial charge is 0.343 e. The predicted molar refractivity (Wildman–Crippen MR) is 78.8 cm³/mol. The molecule has 0 bridgehead atoms.